The normalized spacial score (nSPS) is 10.7. The first kappa shape index (κ1) is 14.7. The molecule has 0 atom stereocenters. The summed E-state index contributed by atoms with van der Waals surface area (Å²) in [5, 5.41) is 8.49. The first-order valence-corrected chi connectivity index (χ1v) is 6.91. The van der Waals surface area contributed by atoms with E-state index >= 15 is 0 Å². The highest BCUT2D eigenvalue weighted by molar-refractivity contribution is 5.66. The average Bonchev–Trinajstić information content (AvgIpc) is 2.72. The molecule has 18 heavy (non-hydrogen) atoms. The molecule has 0 radical (unpaired) electrons. The molecule has 0 fully saturated rings. The van der Waals surface area contributed by atoms with Gasteiger partial charge in [-0.15, -0.1) is 0 Å². The summed E-state index contributed by atoms with van der Waals surface area (Å²) in [6.45, 7) is 1.10. The summed E-state index contributed by atoms with van der Waals surface area (Å²) in [6, 6.07) is 0. The molecule has 0 aliphatic heterocycles. The zero-order chi connectivity index (χ0) is 13.2. The van der Waals surface area contributed by atoms with Crippen molar-refractivity contribution in [3.63, 3.8) is 0 Å². The summed E-state index contributed by atoms with van der Waals surface area (Å²) in [5.74, 6) is -0.671. The molecule has 4 heteroatoms. The van der Waals surface area contributed by atoms with E-state index in [0.29, 0.717) is 6.42 Å². The molecule has 1 rings (SSSR count). The Labute approximate surface area is 109 Å². The van der Waals surface area contributed by atoms with Crippen LogP contribution in [0.2, 0.25) is 0 Å². The van der Waals surface area contributed by atoms with Gasteiger partial charge in [-0.3, -0.25) is 4.79 Å². The first-order chi connectivity index (χ1) is 8.68. The molecule has 0 bridgehead atoms. The zero-order valence-corrected chi connectivity index (χ0v) is 11.3. The van der Waals surface area contributed by atoms with Crippen LogP contribution < -0.4 is 4.57 Å². The fourth-order valence-corrected chi connectivity index (χ4v) is 2.09. The summed E-state index contributed by atoms with van der Waals surface area (Å²) in [4.78, 5) is 10.3. The second-order valence-corrected chi connectivity index (χ2v) is 4.94. The van der Waals surface area contributed by atoms with Gasteiger partial charge in [0.2, 0.25) is 6.33 Å². The number of hydrogen-bond donors (Lipinski definition) is 1. The predicted molar refractivity (Wildman–Crippen MR) is 70.2 cm³/mol. The minimum absolute atomic E-state index is 0.324. The van der Waals surface area contributed by atoms with Gasteiger partial charge in [0.25, 0.3) is 0 Å². The van der Waals surface area contributed by atoms with Gasteiger partial charge in [-0.25, -0.2) is 9.13 Å². The van der Waals surface area contributed by atoms with Gasteiger partial charge >= 0.3 is 5.97 Å². The Morgan fingerprint density at radius 1 is 1.11 bits per heavy atom. The van der Waals surface area contributed by atoms with E-state index < -0.39 is 5.97 Å². The van der Waals surface area contributed by atoms with E-state index in [-0.39, 0.29) is 0 Å². The van der Waals surface area contributed by atoms with Crippen LogP contribution in [-0.4, -0.2) is 15.6 Å². The average molecular weight is 253 g/mol. The number of carboxylic acids is 1. The van der Waals surface area contributed by atoms with Gasteiger partial charge < -0.3 is 5.11 Å². The maximum atomic E-state index is 10.3. The molecule has 102 valence electrons. The van der Waals surface area contributed by atoms with E-state index in [9.17, 15) is 4.79 Å². The van der Waals surface area contributed by atoms with Crippen molar-refractivity contribution in [1.29, 1.82) is 0 Å². The van der Waals surface area contributed by atoms with Crippen LogP contribution in [0, 0.1) is 0 Å². The molecular weight excluding hydrogens is 228 g/mol. The largest absolute Gasteiger partial charge is 0.481 e. The van der Waals surface area contributed by atoms with E-state index in [1.54, 1.807) is 0 Å². The Morgan fingerprint density at radius 3 is 2.28 bits per heavy atom. The molecule has 0 amide bonds. The van der Waals surface area contributed by atoms with Crippen LogP contribution in [0.15, 0.2) is 18.7 Å². The third-order valence-electron chi connectivity index (χ3n) is 3.13. The van der Waals surface area contributed by atoms with Crippen molar-refractivity contribution in [3.8, 4) is 0 Å². The van der Waals surface area contributed by atoms with Gasteiger partial charge in [0.15, 0.2) is 0 Å². The minimum Gasteiger partial charge on any atom is -0.481 e. The fourth-order valence-electron chi connectivity index (χ4n) is 2.09. The lowest BCUT2D eigenvalue weighted by atomic mass is 10.1. The topological polar surface area (TPSA) is 46.1 Å². The van der Waals surface area contributed by atoms with E-state index in [2.05, 4.69) is 27.9 Å². The Morgan fingerprint density at radius 2 is 1.72 bits per heavy atom. The van der Waals surface area contributed by atoms with Crippen molar-refractivity contribution in [1.82, 2.24) is 4.57 Å². The Hall–Kier alpha value is -1.32. The Kier molecular flexibility index (Phi) is 7.14. The molecule has 0 saturated heterocycles. The number of hydrogen-bond acceptors (Lipinski definition) is 1. The lowest BCUT2D eigenvalue weighted by molar-refractivity contribution is -0.671. The van der Waals surface area contributed by atoms with Crippen molar-refractivity contribution in [2.75, 3.05) is 0 Å². The molecular formula is C14H25N2O2+. The number of aromatic nitrogens is 2. The van der Waals surface area contributed by atoms with Gasteiger partial charge in [-0.1, -0.05) is 25.7 Å². The first-order valence-electron chi connectivity index (χ1n) is 6.91. The second-order valence-electron chi connectivity index (χ2n) is 4.94. The van der Waals surface area contributed by atoms with Gasteiger partial charge in [-0.05, 0) is 19.3 Å². The van der Waals surface area contributed by atoms with Crippen molar-refractivity contribution < 1.29 is 14.5 Å². The lowest BCUT2D eigenvalue weighted by Gasteiger charge is -2.00. The predicted octanol–water partition coefficient (Wildman–Crippen LogP) is 2.52. The number of unbranched alkanes of at least 4 members (excludes halogenated alkanes) is 6. The van der Waals surface area contributed by atoms with E-state index in [0.717, 1.165) is 19.4 Å². The molecule has 1 aromatic rings. The summed E-state index contributed by atoms with van der Waals surface area (Å²) >= 11 is 0. The van der Waals surface area contributed by atoms with Crippen LogP contribution in [0.25, 0.3) is 0 Å². The smallest absolute Gasteiger partial charge is 0.303 e. The van der Waals surface area contributed by atoms with Crippen LogP contribution in [-0.2, 0) is 18.4 Å². The van der Waals surface area contributed by atoms with Crippen LogP contribution >= 0.6 is 0 Å². The lowest BCUT2D eigenvalue weighted by Crippen LogP contribution is -2.23. The zero-order valence-electron chi connectivity index (χ0n) is 11.3. The van der Waals surface area contributed by atoms with Crippen molar-refractivity contribution in [2.45, 2.75) is 57.9 Å². The number of imidazole rings is 1. The maximum Gasteiger partial charge on any atom is 0.303 e. The molecule has 0 aromatic carbocycles. The number of nitrogens with zero attached hydrogens (tertiary/aromatic N) is 2. The fraction of sp³-hybridized carbons (Fsp3) is 0.714. The second kappa shape index (κ2) is 8.72. The van der Waals surface area contributed by atoms with E-state index in [4.69, 9.17) is 5.11 Å². The molecule has 0 unspecified atom stereocenters. The molecule has 1 heterocycles. The summed E-state index contributed by atoms with van der Waals surface area (Å²) in [6.07, 6.45) is 14.6. The quantitative estimate of drug-likeness (QED) is 0.514. The molecule has 0 spiro atoms. The van der Waals surface area contributed by atoms with E-state index in [1.165, 1.54) is 32.1 Å². The molecule has 4 nitrogen and oxygen atoms in total. The number of carboxylic acid groups (broad SMARTS) is 1. The highest BCUT2D eigenvalue weighted by atomic mass is 16.4. The highest BCUT2D eigenvalue weighted by Gasteiger charge is 1.99. The van der Waals surface area contributed by atoms with Crippen molar-refractivity contribution in [2.24, 2.45) is 7.05 Å². The third-order valence-corrected chi connectivity index (χ3v) is 3.13. The highest BCUT2D eigenvalue weighted by Crippen LogP contribution is 2.09. The number of rotatable bonds is 10. The Balaban J connectivity index is 1.85. The van der Waals surface area contributed by atoms with Crippen molar-refractivity contribution in [3.05, 3.63) is 18.7 Å². The van der Waals surface area contributed by atoms with Gasteiger partial charge in [0.1, 0.15) is 12.4 Å². The van der Waals surface area contributed by atoms with Crippen LogP contribution in [0.3, 0.4) is 0 Å². The number of aliphatic carboxylic acids is 1. The minimum atomic E-state index is -0.671. The molecule has 0 aliphatic carbocycles. The van der Waals surface area contributed by atoms with Crippen LogP contribution in [0.1, 0.15) is 51.4 Å². The SMILES string of the molecule is C[n+]1ccn(CCCCCCCCCC(=O)O)c1. The van der Waals surface area contributed by atoms with Gasteiger partial charge in [-0.2, -0.15) is 0 Å². The van der Waals surface area contributed by atoms with Crippen molar-refractivity contribution >= 4 is 5.97 Å². The molecule has 1 N–H and O–H groups in total. The van der Waals surface area contributed by atoms with Gasteiger partial charge in [0, 0.05) is 6.42 Å². The third kappa shape index (κ3) is 7.09. The monoisotopic (exact) mass is 253 g/mol. The standard InChI is InChI=1S/C14H24N2O2/c1-15-11-12-16(13-15)10-8-6-4-2-3-5-7-9-14(17)18/h11-13H,2-10H2,1H3/p+1. The number of carbonyl (C=O) groups is 1. The van der Waals surface area contributed by atoms with Crippen LogP contribution in [0.4, 0.5) is 0 Å². The van der Waals surface area contributed by atoms with E-state index in [1.807, 2.05) is 7.05 Å². The number of aryl methyl sites for hydroxylation is 2. The Bertz CT molecular complexity index is 347. The molecule has 1 aromatic heterocycles. The molecule has 0 aliphatic rings. The molecule has 0 saturated carbocycles. The summed E-state index contributed by atoms with van der Waals surface area (Å²) in [7, 11) is 2.04. The van der Waals surface area contributed by atoms with Gasteiger partial charge in [0.05, 0.1) is 13.6 Å². The maximum absolute atomic E-state index is 10.3. The van der Waals surface area contributed by atoms with Crippen LogP contribution in [0.5, 0.6) is 0 Å². The summed E-state index contributed by atoms with van der Waals surface area (Å²) < 4.78 is 4.27. The summed E-state index contributed by atoms with van der Waals surface area (Å²) in [5.41, 5.74) is 0.